The summed E-state index contributed by atoms with van der Waals surface area (Å²) < 4.78 is 5.32. The fourth-order valence-corrected chi connectivity index (χ4v) is 2.92. The van der Waals surface area contributed by atoms with Crippen molar-refractivity contribution >= 4 is 5.91 Å². The SMILES string of the molecule is CNCC1CCCN(C(=O)C2CCOCC2)C1. The lowest BCUT2D eigenvalue weighted by atomic mass is 9.94. The average Bonchev–Trinajstić information content (AvgIpc) is 2.40. The fraction of sp³-hybridized carbons (Fsp3) is 0.923. The molecule has 98 valence electrons. The van der Waals surface area contributed by atoms with E-state index in [4.69, 9.17) is 4.74 Å². The molecule has 0 aromatic rings. The molecule has 1 atom stereocenters. The van der Waals surface area contributed by atoms with E-state index < -0.39 is 0 Å². The number of ether oxygens (including phenoxy) is 1. The van der Waals surface area contributed by atoms with Crippen LogP contribution >= 0.6 is 0 Å². The van der Waals surface area contributed by atoms with Gasteiger partial charge in [-0.15, -0.1) is 0 Å². The number of nitrogens with one attached hydrogen (secondary N) is 1. The Balaban J connectivity index is 1.85. The number of likely N-dealkylation sites (tertiary alicyclic amines) is 1. The van der Waals surface area contributed by atoms with E-state index in [1.165, 1.54) is 6.42 Å². The maximum atomic E-state index is 12.4. The van der Waals surface area contributed by atoms with Crippen LogP contribution in [0.4, 0.5) is 0 Å². The highest BCUT2D eigenvalue weighted by atomic mass is 16.5. The van der Waals surface area contributed by atoms with Gasteiger partial charge in [-0.1, -0.05) is 0 Å². The first-order chi connectivity index (χ1) is 8.31. The number of piperidine rings is 1. The molecule has 1 N–H and O–H groups in total. The first kappa shape index (κ1) is 12.8. The van der Waals surface area contributed by atoms with E-state index in [1.54, 1.807) is 0 Å². The van der Waals surface area contributed by atoms with Crippen molar-refractivity contribution in [3.05, 3.63) is 0 Å². The zero-order valence-electron chi connectivity index (χ0n) is 10.8. The molecule has 1 amide bonds. The molecule has 4 nitrogen and oxygen atoms in total. The number of carbonyl (C=O) groups is 1. The van der Waals surface area contributed by atoms with Gasteiger partial charge in [0.05, 0.1) is 0 Å². The van der Waals surface area contributed by atoms with E-state index in [2.05, 4.69) is 10.2 Å². The number of carbonyl (C=O) groups excluding carboxylic acids is 1. The molecule has 0 aromatic heterocycles. The predicted molar refractivity (Wildman–Crippen MR) is 66.8 cm³/mol. The molecule has 2 aliphatic heterocycles. The van der Waals surface area contributed by atoms with Crippen LogP contribution in [0.5, 0.6) is 0 Å². The lowest BCUT2D eigenvalue weighted by Gasteiger charge is -2.35. The standard InChI is InChI=1S/C13H24N2O2/c1-14-9-11-3-2-6-15(10-11)13(16)12-4-7-17-8-5-12/h11-12,14H,2-10H2,1H3. The molecule has 0 bridgehead atoms. The smallest absolute Gasteiger partial charge is 0.225 e. The van der Waals surface area contributed by atoms with E-state index in [-0.39, 0.29) is 5.92 Å². The Hall–Kier alpha value is -0.610. The molecule has 0 aromatic carbocycles. The summed E-state index contributed by atoms with van der Waals surface area (Å²) in [5, 5.41) is 3.22. The van der Waals surface area contributed by atoms with Gasteiger partial charge in [-0.25, -0.2) is 0 Å². The molecule has 4 heteroatoms. The first-order valence-electron chi connectivity index (χ1n) is 6.82. The molecule has 17 heavy (non-hydrogen) atoms. The molecule has 2 rings (SSSR count). The van der Waals surface area contributed by atoms with Crippen LogP contribution in [0.2, 0.25) is 0 Å². The van der Waals surface area contributed by atoms with Gasteiger partial charge in [0, 0.05) is 32.2 Å². The molecular formula is C13H24N2O2. The maximum absolute atomic E-state index is 12.4. The van der Waals surface area contributed by atoms with E-state index in [1.807, 2.05) is 7.05 Å². The van der Waals surface area contributed by atoms with Crippen LogP contribution < -0.4 is 5.32 Å². The number of rotatable bonds is 3. The third-order valence-corrected chi connectivity index (χ3v) is 3.89. The molecule has 2 fully saturated rings. The number of amides is 1. The van der Waals surface area contributed by atoms with E-state index in [0.29, 0.717) is 11.8 Å². The number of hydrogen-bond acceptors (Lipinski definition) is 3. The van der Waals surface area contributed by atoms with Gasteiger partial charge in [-0.3, -0.25) is 4.79 Å². The van der Waals surface area contributed by atoms with Crippen LogP contribution in [0.25, 0.3) is 0 Å². The zero-order chi connectivity index (χ0) is 12.1. The molecule has 1 unspecified atom stereocenters. The van der Waals surface area contributed by atoms with Crippen LogP contribution in [0, 0.1) is 11.8 Å². The van der Waals surface area contributed by atoms with Gasteiger partial charge < -0.3 is 15.0 Å². The Morgan fingerprint density at radius 3 is 2.82 bits per heavy atom. The van der Waals surface area contributed by atoms with Crippen LogP contribution in [-0.4, -0.2) is 50.7 Å². The normalized spacial score (nSPS) is 27.1. The van der Waals surface area contributed by atoms with Crippen LogP contribution in [0.15, 0.2) is 0 Å². The van der Waals surface area contributed by atoms with E-state index in [0.717, 1.165) is 52.1 Å². The summed E-state index contributed by atoms with van der Waals surface area (Å²) in [7, 11) is 1.99. The van der Waals surface area contributed by atoms with Crippen molar-refractivity contribution in [2.75, 3.05) is 39.9 Å². The lowest BCUT2D eigenvalue weighted by molar-refractivity contribution is -0.140. The fourth-order valence-electron chi connectivity index (χ4n) is 2.92. The summed E-state index contributed by atoms with van der Waals surface area (Å²) in [4.78, 5) is 14.4. The lowest BCUT2D eigenvalue weighted by Crippen LogP contribution is -2.45. The molecular weight excluding hydrogens is 216 g/mol. The van der Waals surface area contributed by atoms with E-state index >= 15 is 0 Å². The van der Waals surface area contributed by atoms with Gasteiger partial charge in [-0.2, -0.15) is 0 Å². The van der Waals surface area contributed by atoms with Crippen molar-refractivity contribution in [1.82, 2.24) is 10.2 Å². The maximum Gasteiger partial charge on any atom is 0.225 e. The highest BCUT2D eigenvalue weighted by molar-refractivity contribution is 5.79. The molecule has 2 heterocycles. The first-order valence-corrected chi connectivity index (χ1v) is 6.82. The van der Waals surface area contributed by atoms with Gasteiger partial charge >= 0.3 is 0 Å². The second-order valence-electron chi connectivity index (χ2n) is 5.24. The van der Waals surface area contributed by atoms with Crippen molar-refractivity contribution in [2.24, 2.45) is 11.8 Å². The summed E-state index contributed by atoms with van der Waals surface area (Å²) >= 11 is 0. The number of nitrogens with zero attached hydrogens (tertiary/aromatic N) is 1. The second kappa shape index (κ2) is 6.36. The van der Waals surface area contributed by atoms with Crippen molar-refractivity contribution in [1.29, 1.82) is 0 Å². The van der Waals surface area contributed by atoms with Crippen molar-refractivity contribution in [3.63, 3.8) is 0 Å². The third kappa shape index (κ3) is 3.42. The zero-order valence-corrected chi connectivity index (χ0v) is 10.8. The third-order valence-electron chi connectivity index (χ3n) is 3.89. The van der Waals surface area contributed by atoms with Gasteiger partial charge in [0.25, 0.3) is 0 Å². The van der Waals surface area contributed by atoms with Gasteiger partial charge in [0.1, 0.15) is 0 Å². The Kier molecular flexibility index (Phi) is 4.80. The quantitative estimate of drug-likeness (QED) is 0.796. The minimum Gasteiger partial charge on any atom is -0.381 e. The minimum atomic E-state index is 0.220. The molecule has 2 saturated heterocycles. The highest BCUT2D eigenvalue weighted by Gasteiger charge is 2.29. The van der Waals surface area contributed by atoms with Crippen molar-refractivity contribution in [2.45, 2.75) is 25.7 Å². The summed E-state index contributed by atoms with van der Waals surface area (Å²) in [6, 6.07) is 0. The largest absolute Gasteiger partial charge is 0.381 e. The Labute approximate surface area is 104 Å². The van der Waals surface area contributed by atoms with Crippen LogP contribution in [0.1, 0.15) is 25.7 Å². The minimum absolute atomic E-state index is 0.220. The van der Waals surface area contributed by atoms with Crippen LogP contribution in [0.3, 0.4) is 0 Å². The Morgan fingerprint density at radius 1 is 1.35 bits per heavy atom. The van der Waals surface area contributed by atoms with Gasteiger partial charge in [0.2, 0.25) is 5.91 Å². The highest BCUT2D eigenvalue weighted by Crippen LogP contribution is 2.22. The number of hydrogen-bond donors (Lipinski definition) is 1. The van der Waals surface area contributed by atoms with Crippen LogP contribution in [-0.2, 0) is 9.53 Å². The monoisotopic (exact) mass is 240 g/mol. The van der Waals surface area contributed by atoms with Gasteiger partial charge in [-0.05, 0) is 45.2 Å². The molecule has 2 aliphatic rings. The Morgan fingerprint density at radius 2 is 2.12 bits per heavy atom. The van der Waals surface area contributed by atoms with Crippen molar-refractivity contribution in [3.8, 4) is 0 Å². The summed E-state index contributed by atoms with van der Waals surface area (Å²) in [6.45, 7) is 4.43. The van der Waals surface area contributed by atoms with Gasteiger partial charge in [0.15, 0.2) is 0 Å². The molecule has 0 saturated carbocycles. The Bertz CT molecular complexity index is 250. The summed E-state index contributed by atoms with van der Waals surface area (Å²) in [6.07, 6.45) is 4.22. The molecule has 0 radical (unpaired) electrons. The molecule has 0 spiro atoms. The topological polar surface area (TPSA) is 41.6 Å². The predicted octanol–water partition coefficient (Wildman–Crippen LogP) is 0.871. The summed E-state index contributed by atoms with van der Waals surface area (Å²) in [5.74, 6) is 1.23. The second-order valence-corrected chi connectivity index (χ2v) is 5.24. The van der Waals surface area contributed by atoms with Crippen molar-refractivity contribution < 1.29 is 9.53 Å². The molecule has 0 aliphatic carbocycles. The summed E-state index contributed by atoms with van der Waals surface area (Å²) in [5.41, 5.74) is 0. The van der Waals surface area contributed by atoms with E-state index in [9.17, 15) is 4.79 Å². The average molecular weight is 240 g/mol.